The van der Waals surface area contributed by atoms with E-state index in [-0.39, 0.29) is 58.6 Å². The van der Waals surface area contributed by atoms with Gasteiger partial charge in [-0.15, -0.1) is 12.4 Å². The first-order valence-electron chi connectivity index (χ1n) is 31.6. The van der Waals surface area contributed by atoms with E-state index in [0.29, 0.717) is 0 Å². The smallest absolute Gasteiger partial charge is 0.330 e. The summed E-state index contributed by atoms with van der Waals surface area (Å²) in [7, 11) is 1.47. The minimum Gasteiger partial charge on any atom is -0.508 e. The molecular formula is C66H76Cl3N9O24. The summed E-state index contributed by atoms with van der Waals surface area (Å²) in [5, 5.41) is 131. The number of benzene rings is 5. The number of carboxylic acid groups (broad SMARTS) is 1. The molecule has 2 fully saturated rings. The summed E-state index contributed by atoms with van der Waals surface area (Å²) in [6.45, 7) is 5.66. The van der Waals surface area contributed by atoms with Crippen LogP contribution in [0.2, 0.25) is 10.0 Å². The van der Waals surface area contributed by atoms with Crippen molar-refractivity contribution in [1.29, 1.82) is 0 Å². The number of aliphatic hydroxyl groups excluding tert-OH is 6. The Morgan fingerprint density at radius 1 is 0.716 bits per heavy atom. The number of aliphatic hydroxyl groups is 6. The second-order valence-electron chi connectivity index (χ2n) is 25.7. The van der Waals surface area contributed by atoms with Gasteiger partial charge in [0.2, 0.25) is 53.4 Å². The van der Waals surface area contributed by atoms with E-state index < -0.39 is 237 Å². The molecule has 0 aliphatic carbocycles. The van der Waals surface area contributed by atoms with Crippen LogP contribution in [0.3, 0.4) is 0 Å². The SMILES string of the molecule is CN[C@H](CC(C)C)C(=O)N[C@H]1C(=O)N[C@@H](CC(N)=O)C(=O)N[C@H]2C(=O)N[C@H]3C(=O)N[C@H](C(=O)NC(C(=O)O)c4cc(O)cc(O)c4-c4cc3ccc4O)[C@H](O)c3ccc(c(Cl)c3)Oc3cc2cc(c3O[C@@H]2O[C@H](CO)[C@@H](O)[C@H](O)[C@H]2O[C@H]2C[C@](C)(N)[C@H](O)[C@H](C)O2)Oc2ccc(cc2Cl)[C@H]1O.Cl. The molecule has 21 N–H and O–H groups in total. The number of aromatic hydroxyl groups is 3. The van der Waals surface area contributed by atoms with Gasteiger partial charge in [-0.3, -0.25) is 33.6 Å². The number of carbonyl (C=O) groups excluding carboxylic acids is 7. The maximum absolute atomic E-state index is 16.0. The minimum absolute atomic E-state index is 0. The van der Waals surface area contributed by atoms with E-state index in [1.807, 2.05) is 13.8 Å². The van der Waals surface area contributed by atoms with Gasteiger partial charge in [0.1, 0.15) is 89.5 Å². The summed E-state index contributed by atoms with van der Waals surface area (Å²) in [6.07, 6.45) is -18.6. The number of carboxylic acids is 1. The van der Waals surface area contributed by atoms with Gasteiger partial charge in [-0.05, 0) is 110 Å². The number of phenols is 3. The van der Waals surface area contributed by atoms with Crippen molar-refractivity contribution in [3.63, 3.8) is 0 Å². The molecule has 0 aromatic heterocycles. The van der Waals surface area contributed by atoms with Crippen molar-refractivity contribution in [2.75, 3.05) is 13.7 Å². The first-order chi connectivity index (χ1) is 47.7. The highest BCUT2D eigenvalue weighted by Gasteiger charge is 2.51. The molecule has 2 saturated heterocycles. The number of phenolic OH excluding ortho intramolecular Hbond substituents is 3. The number of hydrogen-bond donors (Lipinski definition) is 19. The second-order valence-corrected chi connectivity index (χ2v) is 26.5. The van der Waals surface area contributed by atoms with Gasteiger partial charge in [-0.2, -0.15) is 0 Å². The molecule has 7 heterocycles. The van der Waals surface area contributed by atoms with Gasteiger partial charge in [-0.25, -0.2) is 4.79 Å². The molecule has 550 valence electrons. The lowest BCUT2D eigenvalue weighted by Crippen LogP contribution is -2.64. The van der Waals surface area contributed by atoms with E-state index in [1.165, 1.54) is 33.0 Å². The number of aliphatic carboxylic acids is 1. The van der Waals surface area contributed by atoms with Crippen LogP contribution in [-0.2, 0) is 52.6 Å². The quantitative estimate of drug-likeness (QED) is 0.0764. The Morgan fingerprint density at radius 3 is 1.89 bits per heavy atom. The molecule has 5 aromatic carbocycles. The highest BCUT2D eigenvalue weighted by molar-refractivity contribution is 6.32. The average Bonchev–Trinajstić information content (AvgIpc) is 0.773. The van der Waals surface area contributed by atoms with Gasteiger partial charge >= 0.3 is 5.97 Å². The minimum atomic E-state index is -2.35. The molecule has 18 atom stereocenters. The van der Waals surface area contributed by atoms with E-state index in [0.717, 1.165) is 66.7 Å². The molecule has 7 aliphatic rings. The van der Waals surface area contributed by atoms with E-state index >= 15 is 14.4 Å². The molecule has 12 rings (SSSR count). The van der Waals surface area contributed by atoms with Gasteiger partial charge in [0.25, 0.3) is 0 Å². The number of fused-ring (bicyclic) bond motifs is 15. The Labute approximate surface area is 596 Å². The second kappa shape index (κ2) is 31.4. The molecule has 7 aliphatic heterocycles. The molecule has 33 nitrogen and oxygen atoms in total. The largest absolute Gasteiger partial charge is 0.508 e. The molecule has 36 heteroatoms. The third-order valence-electron chi connectivity index (χ3n) is 17.8. The maximum Gasteiger partial charge on any atom is 0.330 e. The first kappa shape index (κ1) is 77.3. The molecule has 7 amide bonds. The third-order valence-corrected chi connectivity index (χ3v) is 18.4. The Bertz CT molecular complexity index is 4080. The number of amides is 7. The van der Waals surface area contributed by atoms with Crippen molar-refractivity contribution in [2.45, 2.75) is 156 Å². The van der Waals surface area contributed by atoms with Gasteiger partial charge in [-0.1, -0.05) is 55.2 Å². The predicted octanol–water partition coefficient (Wildman–Crippen LogP) is 0.528. The van der Waals surface area contributed by atoms with Crippen molar-refractivity contribution < 1.29 is 118 Å². The van der Waals surface area contributed by atoms with Gasteiger partial charge in [0.15, 0.2) is 29.9 Å². The van der Waals surface area contributed by atoms with Gasteiger partial charge in [0, 0.05) is 34.7 Å². The van der Waals surface area contributed by atoms with Gasteiger partial charge < -0.3 is 128 Å². The summed E-state index contributed by atoms with van der Waals surface area (Å²) < 4.78 is 38.3. The molecule has 5 aromatic rings. The number of primary amides is 1. The lowest BCUT2D eigenvalue weighted by molar-refractivity contribution is -0.333. The zero-order valence-electron chi connectivity index (χ0n) is 54.7. The monoisotopic (exact) mass is 1480 g/mol. The Balaban J connectivity index is 0.0000121. The van der Waals surface area contributed by atoms with Crippen LogP contribution in [0.5, 0.6) is 46.0 Å². The summed E-state index contributed by atoms with van der Waals surface area (Å²) in [6, 6.07) is -0.679. The molecule has 0 radical (unpaired) electrons. The lowest BCUT2D eigenvalue weighted by Gasteiger charge is -2.47. The number of hydrogen-bond acceptors (Lipinski definition) is 25. The number of carbonyl (C=O) groups is 8. The normalized spacial score (nSPS) is 29.1. The van der Waals surface area contributed by atoms with E-state index in [2.05, 4.69) is 37.2 Å². The number of ether oxygens (including phenoxy) is 6. The Kier molecular flexibility index (Phi) is 23.8. The zero-order chi connectivity index (χ0) is 73.5. The highest BCUT2D eigenvalue weighted by Crippen LogP contribution is 2.50. The third kappa shape index (κ3) is 16.3. The fourth-order valence-electron chi connectivity index (χ4n) is 12.5. The number of nitrogens with one attached hydrogen (secondary N) is 7. The van der Waals surface area contributed by atoms with Crippen LogP contribution in [0.4, 0.5) is 0 Å². The predicted molar refractivity (Wildman–Crippen MR) is 357 cm³/mol. The number of likely N-dealkylation sites (N-methyl/N-ethyl adjacent to an activating group) is 1. The van der Waals surface area contributed by atoms with Crippen LogP contribution in [0.25, 0.3) is 11.1 Å². The van der Waals surface area contributed by atoms with Crippen molar-refractivity contribution in [3.05, 3.63) is 117 Å². The van der Waals surface area contributed by atoms with Crippen molar-refractivity contribution in [3.8, 4) is 57.1 Å². The topological polar surface area (TPSA) is 530 Å². The number of halogens is 3. The van der Waals surface area contributed by atoms with Crippen LogP contribution >= 0.6 is 35.6 Å². The zero-order valence-corrected chi connectivity index (χ0v) is 57.1. The Hall–Kier alpha value is -8.91. The van der Waals surface area contributed by atoms with Crippen LogP contribution in [0.1, 0.15) is 105 Å². The maximum atomic E-state index is 16.0. The summed E-state index contributed by atoms with van der Waals surface area (Å²) in [5.41, 5.74) is 8.00. The summed E-state index contributed by atoms with van der Waals surface area (Å²) in [5.74, 6) is -16.0. The van der Waals surface area contributed by atoms with E-state index in [9.17, 15) is 75.0 Å². The average molecular weight is 1490 g/mol. The molecule has 102 heavy (non-hydrogen) atoms. The summed E-state index contributed by atoms with van der Waals surface area (Å²) in [4.78, 5) is 117. The lowest BCUT2D eigenvalue weighted by atomic mass is 9.86. The van der Waals surface area contributed by atoms with Gasteiger partial charge in [0.05, 0.1) is 41.3 Å². The van der Waals surface area contributed by atoms with Crippen molar-refractivity contribution in [2.24, 2.45) is 17.4 Å². The molecule has 1 unspecified atom stereocenters. The number of nitrogens with two attached hydrogens (primary N) is 2. The summed E-state index contributed by atoms with van der Waals surface area (Å²) >= 11 is 14.1. The fraction of sp³-hybridized carbons (Fsp3) is 0.424. The van der Waals surface area contributed by atoms with E-state index in [4.69, 9.17) is 63.1 Å². The molecular weight excluding hydrogens is 1410 g/mol. The van der Waals surface area contributed by atoms with Crippen molar-refractivity contribution >= 4 is 82.9 Å². The molecule has 0 saturated carbocycles. The van der Waals surface area contributed by atoms with Crippen LogP contribution in [-0.4, -0.2) is 191 Å². The van der Waals surface area contributed by atoms with Crippen LogP contribution in [0.15, 0.2) is 78.9 Å². The highest BCUT2D eigenvalue weighted by atomic mass is 35.5. The molecule has 0 spiro atoms. The Morgan fingerprint density at radius 2 is 1.31 bits per heavy atom. The van der Waals surface area contributed by atoms with Crippen LogP contribution < -0.4 is 62.9 Å². The van der Waals surface area contributed by atoms with Crippen molar-refractivity contribution in [1.82, 2.24) is 37.2 Å². The van der Waals surface area contributed by atoms with Crippen LogP contribution in [0, 0.1) is 5.92 Å². The number of rotatable bonds is 13. The molecule has 11 bridgehead atoms. The van der Waals surface area contributed by atoms with E-state index in [1.54, 1.807) is 0 Å². The fourth-order valence-corrected chi connectivity index (χ4v) is 12.9. The first-order valence-corrected chi connectivity index (χ1v) is 32.4. The standard InChI is InChI=1S/C66H75Cl2N9O24.ClH/c1-23(2)12-34(71-5)58(88)76-49-51(83)26-7-10-38(32(67)14-26)97-40-16-28-17-41(55(40)101-65-56(54(86)53(85)42(22-78)99-65)100-44-21-66(4,70)57(87)24(3)96-44)98-39-11-8-27(15-33(39)68)52(84)50-63(93)75-48(64(94)95)31-18-29(79)19-37(81)45(31)30-13-25(6-9-36(30)80)46(60(90)77-50)74-61(91)47(28)73-59(89)35(20-43(69)82)72-62(49)92;/h6-11,13-19,23-24,34-35,42,44,46-54,56-57,65,71,78-81,83-87H,12,20-22,70H2,1-5H3,(H2,69,82)(H,72,92)(H,73,89)(H,74,91)(H,75,93)(H,76,88)(H,77,90)(H,94,95);1H/t24-,34+,35-,42+,44-,46+,47+,48?,49+,50-,51+,52+,53+,54-,56+,57+,65-,66-;/m0./s1.